The molecule has 2 aliphatic rings. The molecule has 0 radical (unpaired) electrons. The summed E-state index contributed by atoms with van der Waals surface area (Å²) in [5.41, 5.74) is 1.61. The molecule has 2 aliphatic heterocycles. The fraction of sp³-hybridized carbons (Fsp3) is 0.667. The van der Waals surface area contributed by atoms with Crippen molar-refractivity contribution in [2.75, 3.05) is 27.2 Å². The molecule has 122 valence electrons. The molecule has 3 rings (SSSR count). The normalized spacial score (nSPS) is 29.9. The lowest BCUT2D eigenvalue weighted by Crippen LogP contribution is -2.41. The van der Waals surface area contributed by atoms with Crippen LogP contribution in [0.1, 0.15) is 49.8 Å². The number of hydrogen-bond acceptors (Lipinski definition) is 3. The van der Waals surface area contributed by atoms with Crippen LogP contribution < -0.4 is 0 Å². The van der Waals surface area contributed by atoms with Crippen molar-refractivity contribution >= 4 is 11.6 Å². The second-order valence-corrected chi connectivity index (χ2v) is 7.61. The largest absolute Gasteiger partial charge is 0.385 e. The average molecular weight is 323 g/mol. The minimum absolute atomic E-state index is 0.368. The molecular weight excluding hydrogens is 296 g/mol. The molecule has 22 heavy (non-hydrogen) atoms. The highest BCUT2D eigenvalue weighted by molar-refractivity contribution is 6.30. The average Bonchev–Trinajstić information content (AvgIpc) is 2.82. The fourth-order valence-corrected chi connectivity index (χ4v) is 4.16. The van der Waals surface area contributed by atoms with Crippen LogP contribution in [0.15, 0.2) is 18.2 Å². The first kappa shape index (κ1) is 16.3. The summed E-state index contributed by atoms with van der Waals surface area (Å²) >= 11 is 6.28. The molecule has 2 saturated heterocycles. The fourth-order valence-electron chi connectivity index (χ4n) is 3.98. The summed E-state index contributed by atoms with van der Waals surface area (Å²) in [7, 11) is 4.31. The summed E-state index contributed by atoms with van der Waals surface area (Å²) in [6, 6.07) is 7.01. The Kier molecular flexibility index (Phi) is 4.52. The summed E-state index contributed by atoms with van der Waals surface area (Å²) in [6.07, 6.45) is 3.93. The highest BCUT2D eigenvalue weighted by Crippen LogP contribution is 2.43. The molecule has 2 fully saturated rings. The Morgan fingerprint density at radius 1 is 1.18 bits per heavy atom. The van der Waals surface area contributed by atoms with Crippen LogP contribution in [0.3, 0.4) is 0 Å². The second kappa shape index (κ2) is 6.12. The Balaban J connectivity index is 1.98. The maximum absolute atomic E-state index is 11.3. The van der Waals surface area contributed by atoms with Gasteiger partial charge in [0.05, 0.1) is 5.60 Å². The molecule has 0 amide bonds. The van der Waals surface area contributed by atoms with Crippen LogP contribution in [-0.4, -0.2) is 48.1 Å². The lowest BCUT2D eigenvalue weighted by Gasteiger charge is -2.39. The highest BCUT2D eigenvalue weighted by Gasteiger charge is 2.38. The van der Waals surface area contributed by atoms with Crippen LogP contribution in [0.25, 0.3) is 0 Å². The van der Waals surface area contributed by atoms with Crippen molar-refractivity contribution in [2.45, 2.75) is 50.3 Å². The Hall–Kier alpha value is -0.610. The molecule has 0 aromatic heterocycles. The number of nitrogens with zero attached hydrogens (tertiary/aromatic N) is 2. The predicted octanol–water partition coefficient (Wildman–Crippen LogP) is 3.41. The molecule has 1 aromatic carbocycles. The predicted molar refractivity (Wildman–Crippen MR) is 91.3 cm³/mol. The minimum atomic E-state index is -0.709. The Morgan fingerprint density at radius 2 is 1.86 bits per heavy atom. The van der Waals surface area contributed by atoms with Crippen LogP contribution in [0, 0.1) is 0 Å². The minimum Gasteiger partial charge on any atom is -0.385 e. The van der Waals surface area contributed by atoms with E-state index in [4.69, 9.17) is 11.6 Å². The van der Waals surface area contributed by atoms with Gasteiger partial charge >= 0.3 is 0 Å². The molecule has 0 saturated carbocycles. The molecule has 4 heteroatoms. The summed E-state index contributed by atoms with van der Waals surface area (Å²) in [4.78, 5) is 4.71. The van der Waals surface area contributed by atoms with Gasteiger partial charge in [-0.05, 0) is 70.0 Å². The summed E-state index contributed by atoms with van der Waals surface area (Å²) in [6.45, 7) is 4.15. The number of halogens is 1. The van der Waals surface area contributed by atoms with E-state index < -0.39 is 5.60 Å². The number of benzene rings is 1. The zero-order chi connectivity index (χ0) is 15.9. The highest BCUT2D eigenvalue weighted by atomic mass is 35.5. The van der Waals surface area contributed by atoms with Crippen LogP contribution in [0.2, 0.25) is 5.02 Å². The van der Waals surface area contributed by atoms with E-state index >= 15 is 0 Å². The molecule has 0 aliphatic carbocycles. The van der Waals surface area contributed by atoms with Crippen LogP contribution >= 0.6 is 11.6 Å². The van der Waals surface area contributed by atoms with Gasteiger partial charge in [-0.2, -0.15) is 0 Å². The van der Waals surface area contributed by atoms with Crippen molar-refractivity contribution in [3.63, 3.8) is 0 Å². The van der Waals surface area contributed by atoms with Crippen molar-refractivity contribution < 1.29 is 5.11 Å². The van der Waals surface area contributed by atoms with Gasteiger partial charge in [0.15, 0.2) is 0 Å². The van der Waals surface area contributed by atoms with Gasteiger partial charge in [0.2, 0.25) is 0 Å². The molecule has 1 N–H and O–H groups in total. The van der Waals surface area contributed by atoms with Gasteiger partial charge < -0.3 is 10.0 Å². The first-order chi connectivity index (χ1) is 10.4. The van der Waals surface area contributed by atoms with E-state index in [9.17, 15) is 5.11 Å². The van der Waals surface area contributed by atoms with E-state index in [0.717, 1.165) is 42.9 Å². The van der Waals surface area contributed by atoms with Gasteiger partial charge in [-0.25, -0.2) is 0 Å². The molecule has 2 unspecified atom stereocenters. The second-order valence-electron chi connectivity index (χ2n) is 7.17. The van der Waals surface area contributed by atoms with Gasteiger partial charge in [-0.15, -0.1) is 0 Å². The lowest BCUT2D eigenvalue weighted by molar-refractivity contribution is -0.0217. The van der Waals surface area contributed by atoms with E-state index in [-0.39, 0.29) is 0 Å². The number of piperidine rings is 1. The molecule has 1 aromatic rings. The smallest absolute Gasteiger partial charge is 0.0924 e. The van der Waals surface area contributed by atoms with Crippen molar-refractivity contribution in [1.29, 1.82) is 0 Å². The SMILES string of the molecule is CC1CCC(c2cc(Cl)ccc2C2(O)CCN(C)CC2)N1C. The standard InChI is InChI=1S/C18H27ClN2O/c1-13-4-7-17(21(13)3)15-12-14(19)5-6-16(15)18(22)8-10-20(2)11-9-18/h5-6,12-13,17,22H,4,7-11H2,1-3H3. The first-order valence-corrected chi connectivity index (χ1v) is 8.71. The Bertz CT molecular complexity index is 540. The third-order valence-corrected chi connectivity index (χ3v) is 5.97. The van der Waals surface area contributed by atoms with Gasteiger partial charge in [-0.1, -0.05) is 17.7 Å². The first-order valence-electron chi connectivity index (χ1n) is 8.33. The van der Waals surface area contributed by atoms with E-state index in [1.165, 1.54) is 12.0 Å². The van der Waals surface area contributed by atoms with Crippen LogP contribution in [-0.2, 0) is 5.60 Å². The zero-order valence-corrected chi connectivity index (χ0v) is 14.6. The third-order valence-electron chi connectivity index (χ3n) is 5.73. The van der Waals surface area contributed by atoms with E-state index in [1.54, 1.807) is 0 Å². The third kappa shape index (κ3) is 2.92. The van der Waals surface area contributed by atoms with Gasteiger partial charge in [-0.3, -0.25) is 4.90 Å². The lowest BCUT2D eigenvalue weighted by atomic mass is 9.80. The van der Waals surface area contributed by atoms with Crippen molar-refractivity contribution in [3.05, 3.63) is 34.3 Å². The molecule has 2 heterocycles. The topological polar surface area (TPSA) is 26.7 Å². The summed E-state index contributed by atoms with van der Waals surface area (Å²) in [5.74, 6) is 0. The Labute approximate surface area is 138 Å². The van der Waals surface area contributed by atoms with Gasteiger partial charge in [0, 0.05) is 30.2 Å². The maximum Gasteiger partial charge on any atom is 0.0924 e. The van der Waals surface area contributed by atoms with E-state index in [0.29, 0.717) is 12.1 Å². The molecule has 0 bridgehead atoms. The van der Waals surface area contributed by atoms with Crippen molar-refractivity contribution in [2.24, 2.45) is 0 Å². The van der Waals surface area contributed by atoms with E-state index in [1.807, 2.05) is 6.07 Å². The van der Waals surface area contributed by atoms with Gasteiger partial charge in [0.25, 0.3) is 0 Å². The van der Waals surface area contributed by atoms with Crippen LogP contribution in [0.5, 0.6) is 0 Å². The molecule has 2 atom stereocenters. The van der Waals surface area contributed by atoms with Gasteiger partial charge in [0.1, 0.15) is 0 Å². The summed E-state index contributed by atoms with van der Waals surface area (Å²) in [5, 5.41) is 12.0. The van der Waals surface area contributed by atoms with Crippen LogP contribution in [0.4, 0.5) is 0 Å². The number of likely N-dealkylation sites (tertiary alicyclic amines) is 2. The van der Waals surface area contributed by atoms with E-state index in [2.05, 4.69) is 43.0 Å². The maximum atomic E-state index is 11.3. The number of hydrogen-bond donors (Lipinski definition) is 1. The van der Waals surface area contributed by atoms with Crippen molar-refractivity contribution in [1.82, 2.24) is 9.80 Å². The monoisotopic (exact) mass is 322 g/mol. The molecule has 3 nitrogen and oxygen atoms in total. The Morgan fingerprint density at radius 3 is 2.45 bits per heavy atom. The quantitative estimate of drug-likeness (QED) is 0.904. The molecular formula is C18H27ClN2O. The van der Waals surface area contributed by atoms with Crippen molar-refractivity contribution in [3.8, 4) is 0 Å². The number of aliphatic hydroxyl groups is 1. The zero-order valence-electron chi connectivity index (χ0n) is 13.8. The molecule has 0 spiro atoms. The number of rotatable bonds is 2. The summed E-state index contributed by atoms with van der Waals surface area (Å²) < 4.78 is 0.